The van der Waals surface area contributed by atoms with Crippen molar-refractivity contribution in [3.05, 3.63) is 29.6 Å². The smallest absolute Gasteiger partial charge is 0.257 e. The van der Waals surface area contributed by atoms with E-state index in [2.05, 4.69) is 15.5 Å². The number of aromatic nitrogens is 2. The van der Waals surface area contributed by atoms with Gasteiger partial charge < -0.3 is 20.3 Å². The van der Waals surface area contributed by atoms with Gasteiger partial charge in [0.15, 0.2) is 5.82 Å². The summed E-state index contributed by atoms with van der Waals surface area (Å²) in [6, 6.07) is 5.64. The molecule has 1 fully saturated rings. The Balaban J connectivity index is 0.00000225. The van der Waals surface area contributed by atoms with E-state index in [9.17, 15) is 4.79 Å². The van der Waals surface area contributed by atoms with E-state index in [1.807, 2.05) is 32.0 Å². The van der Waals surface area contributed by atoms with Crippen LogP contribution in [0, 0.1) is 6.92 Å². The van der Waals surface area contributed by atoms with Crippen LogP contribution in [0.1, 0.15) is 31.2 Å². The monoisotopic (exact) mass is 366 g/mol. The van der Waals surface area contributed by atoms with Crippen molar-refractivity contribution in [3.8, 4) is 11.5 Å². The van der Waals surface area contributed by atoms with Crippen LogP contribution in [0.3, 0.4) is 0 Å². The molecule has 7 nitrogen and oxygen atoms in total. The van der Waals surface area contributed by atoms with E-state index in [4.69, 9.17) is 15.0 Å². The molecule has 1 saturated heterocycles. The first-order valence-corrected chi connectivity index (χ1v) is 8.13. The van der Waals surface area contributed by atoms with E-state index in [1.54, 1.807) is 0 Å². The van der Waals surface area contributed by atoms with Crippen LogP contribution in [0.4, 0.5) is 5.69 Å². The van der Waals surface area contributed by atoms with Gasteiger partial charge in [0.05, 0.1) is 0 Å². The van der Waals surface area contributed by atoms with Gasteiger partial charge in [-0.05, 0) is 37.5 Å². The second-order valence-corrected chi connectivity index (χ2v) is 6.12. The number of hydrogen-bond acceptors (Lipinski definition) is 6. The van der Waals surface area contributed by atoms with Crippen molar-refractivity contribution in [1.29, 1.82) is 0 Å². The Labute approximate surface area is 152 Å². The van der Waals surface area contributed by atoms with Gasteiger partial charge in [-0.3, -0.25) is 4.79 Å². The van der Waals surface area contributed by atoms with Crippen LogP contribution < -0.4 is 11.1 Å². The SMILES string of the molecule is CCc1noc(-c2ccc(C)c(NC(=O)C3(N)CCOCC3)c2)n1.Cl. The molecular weight excluding hydrogens is 344 g/mol. The van der Waals surface area contributed by atoms with Gasteiger partial charge in [0.2, 0.25) is 5.91 Å². The third-order valence-electron chi connectivity index (χ3n) is 4.35. The molecule has 8 heteroatoms. The van der Waals surface area contributed by atoms with Crippen molar-refractivity contribution in [1.82, 2.24) is 10.1 Å². The van der Waals surface area contributed by atoms with Gasteiger partial charge in [0.25, 0.3) is 5.89 Å². The lowest BCUT2D eigenvalue weighted by atomic mass is 9.90. The van der Waals surface area contributed by atoms with Crippen molar-refractivity contribution in [2.75, 3.05) is 18.5 Å². The van der Waals surface area contributed by atoms with Gasteiger partial charge in [-0.15, -0.1) is 12.4 Å². The minimum atomic E-state index is -0.888. The maximum Gasteiger partial charge on any atom is 0.257 e. The zero-order chi connectivity index (χ0) is 17.2. The van der Waals surface area contributed by atoms with Gasteiger partial charge in [-0.1, -0.05) is 18.1 Å². The van der Waals surface area contributed by atoms with Gasteiger partial charge in [-0.2, -0.15) is 4.98 Å². The van der Waals surface area contributed by atoms with Crippen LogP contribution in [-0.4, -0.2) is 34.8 Å². The van der Waals surface area contributed by atoms with Crippen LogP contribution in [0.25, 0.3) is 11.5 Å². The first-order valence-electron chi connectivity index (χ1n) is 8.13. The molecule has 2 heterocycles. The molecule has 3 N–H and O–H groups in total. The topological polar surface area (TPSA) is 103 Å². The van der Waals surface area contributed by atoms with Gasteiger partial charge in [-0.25, -0.2) is 0 Å². The summed E-state index contributed by atoms with van der Waals surface area (Å²) in [4.78, 5) is 16.9. The number of hydrogen-bond donors (Lipinski definition) is 2. The fourth-order valence-corrected chi connectivity index (χ4v) is 2.61. The van der Waals surface area contributed by atoms with Crippen molar-refractivity contribution in [2.45, 2.75) is 38.6 Å². The van der Waals surface area contributed by atoms with Crippen molar-refractivity contribution in [2.24, 2.45) is 5.73 Å². The Morgan fingerprint density at radius 1 is 1.36 bits per heavy atom. The normalized spacial score (nSPS) is 16.1. The van der Waals surface area contributed by atoms with Gasteiger partial charge >= 0.3 is 0 Å². The molecule has 0 atom stereocenters. The standard InChI is InChI=1S/C17H22N4O3.ClH/c1-3-14-20-15(24-21-14)12-5-4-11(2)13(10-12)19-16(22)17(18)6-8-23-9-7-17;/h4-5,10H,3,6-9,18H2,1-2H3,(H,19,22);1H. The lowest BCUT2D eigenvalue weighted by Gasteiger charge is -2.32. The Kier molecular flexibility index (Phi) is 6.16. The fourth-order valence-electron chi connectivity index (χ4n) is 2.61. The molecule has 1 aromatic carbocycles. The molecular formula is C17H23ClN4O3. The summed E-state index contributed by atoms with van der Waals surface area (Å²) < 4.78 is 10.6. The molecule has 3 rings (SSSR count). The number of rotatable bonds is 4. The highest BCUT2D eigenvalue weighted by Gasteiger charge is 2.36. The van der Waals surface area contributed by atoms with E-state index >= 15 is 0 Å². The lowest BCUT2D eigenvalue weighted by molar-refractivity contribution is -0.124. The minimum Gasteiger partial charge on any atom is -0.381 e. The zero-order valence-electron chi connectivity index (χ0n) is 14.4. The number of ether oxygens (including phenoxy) is 1. The number of carbonyl (C=O) groups is 1. The number of aryl methyl sites for hydroxylation is 2. The third-order valence-corrected chi connectivity index (χ3v) is 4.35. The maximum atomic E-state index is 12.6. The highest BCUT2D eigenvalue weighted by molar-refractivity contribution is 5.99. The van der Waals surface area contributed by atoms with Crippen LogP contribution in [0.5, 0.6) is 0 Å². The van der Waals surface area contributed by atoms with E-state index < -0.39 is 5.54 Å². The van der Waals surface area contributed by atoms with E-state index in [-0.39, 0.29) is 18.3 Å². The molecule has 136 valence electrons. The molecule has 0 unspecified atom stereocenters. The number of nitrogens with zero attached hydrogens (tertiary/aromatic N) is 2. The van der Waals surface area contributed by atoms with Crippen molar-refractivity contribution >= 4 is 24.0 Å². The summed E-state index contributed by atoms with van der Waals surface area (Å²) in [6.45, 7) is 4.90. The molecule has 0 spiro atoms. The molecule has 1 aliphatic heterocycles. The Hall–Kier alpha value is -1.96. The molecule has 1 aromatic heterocycles. The number of halogens is 1. The minimum absolute atomic E-state index is 0. The average molecular weight is 367 g/mol. The van der Waals surface area contributed by atoms with E-state index in [0.717, 1.165) is 11.1 Å². The van der Waals surface area contributed by atoms with Crippen LogP contribution in [-0.2, 0) is 16.0 Å². The first kappa shape index (κ1) is 19.4. The van der Waals surface area contributed by atoms with Crippen molar-refractivity contribution < 1.29 is 14.1 Å². The quantitative estimate of drug-likeness (QED) is 0.861. The number of nitrogens with one attached hydrogen (secondary N) is 1. The molecule has 0 saturated carbocycles. The van der Waals surface area contributed by atoms with Crippen molar-refractivity contribution in [3.63, 3.8) is 0 Å². The summed E-state index contributed by atoms with van der Waals surface area (Å²) in [7, 11) is 0. The summed E-state index contributed by atoms with van der Waals surface area (Å²) in [5.74, 6) is 0.904. The number of anilines is 1. The van der Waals surface area contributed by atoms with E-state index in [1.165, 1.54) is 0 Å². The highest BCUT2D eigenvalue weighted by Crippen LogP contribution is 2.26. The third kappa shape index (κ3) is 4.18. The summed E-state index contributed by atoms with van der Waals surface area (Å²) in [5.41, 5.74) is 7.76. The van der Waals surface area contributed by atoms with E-state index in [0.29, 0.717) is 49.9 Å². The molecule has 0 bridgehead atoms. The average Bonchev–Trinajstić information content (AvgIpc) is 3.06. The molecule has 1 aliphatic rings. The fraction of sp³-hybridized carbons (Fsp3) is 0.471. The van der Waals surface area contributed by atoms with Crippen LogP contribution >= 0.6 is 12.4 Å². The Morgan fingerprint density at radius 3 is 2.72 bits per heavy atom. The highest BCUT2D eigenvalue weighted by atomic mass is 35.5. The largest absolute Gasteiger partial charge is 0.381 e. The molecule has 2 aromatic rings. The number of benzene rings is 1. The second kappa shape index (κ2) is 7.95. The summed E-state index contributed by atoms with van der Waals surface area (Å²) >= 11 is 0. The van der Waals surface area contributed by atoms with Crippen LogP contribution in [0.15, 0.2) is 22.7 Å². The van der Waals surface area contributed by atoms with Gasteiger partial charge in [0.1, 0.15) is 5.54 Å². The predicted octanol–water partition coefficient (Wildman–Crippen LogP) is 2.48. The summed E-state index contributed by atoms with van der Waals surface area (Å²) in [6.07, 6.45) is 1.74. The second-order valence-electron chi connectivity index (χ2n) is 6.12. The predicted molar refractivity (Wildman–Crippen MR) is 96.7 cm³/mol. The number of carbonyl (C=O) groups excluding carboxylic acids is 1. The molecule has 0 aliphatic carbocycles. The lowest BCUT2D eigenvalue weighted by Crippen LogP contribution is -2.54. The number of nitrogens with two attached hydrogens (primary N) is 1. The molecule has 1 amide bonds. The Morgan fingerprint density at radius 2 is 2.08 bits per heavy atom. The van der Waals surface area contributed by atoms with Crippen LogP contribution in [0.2, 0.25) is 0 Å². The molecule has 0 radical (unpaired) electrons. The van der Waals surface area contributed by atoms with Gasteiger partial charge in [0, 0.05) is 30.9 Å². The maximum absolute atomic E-state index is 12.6. The Bertz CT molecular complexity index is 741. The number of amides is 1. The molecule has 25 heavy (non-hydrogen) atoms. The summed E-state index contributed by atoms with van der Waals surface area (Å²) in [5, 5.41) is 6.84. The zero-order valence-corrected chi connectivity index (χ0v) is 15.2. The first-order chi connectivity index (χ1) is 11.5.